The van der Waals surface area contributed by atoms with Crippen LogP contribution in [0.3, 0.4) is 0 Å². The van der Waals surface area contributed by atoms with E-state index in [1.807, 2.05) is 0 Å². The highest BCUT2D eigenvalue weighted by Crippen LogP contribution is 2.42. The van der Waals surface area contributed by atoms with Gasteiger partial charge in [0.05, 0.1) is 15.1 Å². The van der Waals surface area contributed by atoms with Gasteiger partial charge in [0.1, 0.15) is 22.4 Å². The largest absolute Gasteiger partial charge is 0.439 e. The molecule has 1 aliphatic rings. The van der Waals surface area contributed by atoms with Crippen LogP contribution in [0.2, 0.25) is 9.36 Å². The third-order valence-corrected chi connectivity index (χ3v) is 8.50. The summed E-state index contributed by atoms with van der Waals surface area (Å²) < 4.78 is 19.6. The lowest BCUT2D eigenvalue weighted by Gasteiger charge is -2.39. The maximum Gasteiger partial charge on any atom is 0.242 e. The van der Waals surface area contributed by atoms with E-state index >= 15 is 0 Å². The normalized spacial score (nSPS) is 19.7. The van der Waals surface area contributed by atoms with E-state index in [0.717, 1.165) is 11.8 Å². The van der Waals surface area contributed by atoms with E-state index < -0.39 is 16.7 Å². The topological polar surface area (TPSA) is 68.3 Å². The monoisotopic (exact) mass is 558 g/mol. The minimum atomic E-state index is -1.24. The fourth-order valence-corrected chi connectivity index (χ4v) is 6.15. The van der Waals surface area contributed by atoms with Crippen molar-refractivity contribution in [2.75, 3.05) is 0 Å². The number of piperidine rings is 1. The lowest BCUT2D eigenvalue weighted by Crippen LogP contribution is -2.58. The number of aromatic nitrogens is 1. The molecule has 2 aromatic heterocycles. The Bertz CT molecular complexity index is 1430. The number of halogens is 3. The zero-order valence-electron chi connectivity index (χ0n) is 18.4. The minimum Gasteiger partial charge on any atom is -0.439 e. The Morgan fingerprint density at radius 3 is 2.53 bits per heavy atom. The number of Topliss-reactive ketones (excluding diaryl/α,β-unsaturated/α-hetero) is 1. The molecule has 2 unspecified atom stereocenters. The van der Waals surface area contributed by atoms with Crippen LogP contribution in [0.5, 0.6) is 11.6 Å². The SMILES string of the molecule is O=C1CC(c2csc(Cl)c2)(c2cccc(Oc3ccc(F)cc3)n2)NC(=O)C1Sc1ccccc1Cl. The molecule has 10 heteroatoms. The number of nitrogens with one attached hydrogen (secondary N) is 1. The molecule has 182 valence electrons. The molecule has 1 aliphatic heterocycles. The van der Waals surface area contributed by atoms with Gasteiger partial charge in [-0.15, -0.1) is 23.1 Å². The number of amides is 1. The van der Waals surface area contributed by atoms with Crippen LogP contribution in [0.15, 0.2) is 83.1 Å². The summed E-state index contributed by atoms with van der Waals surface area (Å²) in [6, 6.07) is 19.4. The van der Waals surface area contributed by atoms with Crippen LogP contribution >= 0.6 is 46.3 Å². The van der Waals surface area contributed by atoms with E-state index in [9.17, 15) is 14.0 Å². The van der Waals surface area contributed by atoms with E-state index in [-0.39, 0.29) is 23.9 Å². The maximum absolute atomic E-state index is 13.4. The summed E-state index contributed by atoms with van der Waals surface area (Å²) in [6.45, 7) is 0. The number of thiophene rings is 1. The second-order valence-electron chi connectivity index (χ2n) is 8.02. The van der Waals surface area contributed by atoms with Crippen molar-refractivity contribution in [1.29, 1.82) is 0 Å². The van der Waals surface area contributed by atoms with Crippen LogP contribution in [-0.4, -0.2) is 21.9 Å². The molecular formula is C26H17Cl2FN2O3S2. The highest BCUT2D eigenvalue weighted by atomic mass is 35.5. The Hall–Kier alpha value is -2.91. The zero-order valence-corrected chi connectivity index (χ0v) is 21.6. The summed E-state index contributed by atoms with van der Waals surface area (Å²) >= 11 is 14.9. The molecule has 36 heavy (non-hydrogen) atoms. The van der Waals surface area contributed by atoms with Crippen molar-refractivity contribution in [2.45, 2.75) is 22.1 Å². The van der Waals surface area contributed by atoms with Gasteiger partial charge < -0.3 is 10.1 Å². The summed E-state index contributed by atoms with van der Waals surface area (Å²) in [5, 5.41) is 4.35. The number of thioether (sulfide) groups is 1. The van der Waals surface area contributed by atoms with E-state index in [1.165, 1.54) is 35.6 Å². The molecule has 2 aromatic carbocycles. The fraction of sp³-hybridized carbons (Fsp3) is 0.115. The third kappa shape index (κ3) is 4.99. The van der Waals surface area contributed by atoms with Crippen molar-refractivity contribution < 1.29 is 18.7 Å². The molecule has 0 bridgehead atoms. The van der Waals surface area contributed by atoms with Gasteiger partial charge in [0.15, 0.2) is 5.78 Å². The quantitative estimate of drug-likeness (QED) is 0.261. The average molecular weight is 559 g/mol. The fourth-order valence-electron chi connectivity index (χ4n) is 3.95. The first kappa shape index (κ1) is 24.8. The number of rotatable bonds is 6. The van der Waals surface area contributed by atoms with Gasteiger partial charge in [-0.1, -0.05) is 41.4 Å². The highest BCUT2D eigenvalue weighted by Gasteiger charge is 2.49. The van der Waals surface area contributed by atoms with Crippen LogP contribution < -0.4 is 10.1 Å². The molecule has 0 saturated carbocycles. The van der Waals surface area contributed by atoms with Crippen LogP contribution in [-0.2, 0) is 15.1 Å². The molecule has 3 heterocycles. The van der Waals surface area contributed by atoms with Gasteiger partial charge >= 0.3 is 0 Å². The summed E-state index contributed by atoms with van der Waals surface area (Å²) in [4.78, 5) is 32.1. The van der Waals surface area contributed by atoms with Crippen LogP contribution in [0.1, 0.15) is 17.7 Å². The Morgan fingerprint density at radius 1 is 1.06 bits per heavy atom. The molecule has 5 rings (SSSR count). The standard InChI is InChI=1S/C26H17Cl2FN2O3S2/c27-18-4-1-2-5-20(18)36-24-19(32)13-26(31-25(24)33,15-12-22(28)35-14-15)21-6-3-7-23(30-21)34-17-10-8-16(29)9-11-17/h1-12,14,24H,13H2,(H,31,33). The molecule has 0 spiro atoms. The molecule has 1 fully saturated rings. The molecule has 4 aromatic rings. The van der Waals surface area contributed by atoms with Gasteiger partial charge in [-0.3, -0.25) is 9.59 Å². The highest BCUT2D eigenvalue weighted by molar-refractivity contribution is 8.01. The Labute approximate surface area is 224 Å². The molecule has 1 saturated heterocycles. The molecule has 0 radical (unpaired) electrons. The second-order valence-corrected chi connectivity index (χ2v) is 11.1. The van der Waals surface area contributed by atoms with Crippen LogP contribution in [0, 0.1) is 5.82 Å². The Morgan fingerprint density at radius 2 is 1.83 bits per heavy atom. The number of hydrogen-bond acceptors (Lipinski definition) is 6. The summed E-state index contributed by atoms with van der Waals surface area (Å²) in [5.74, 6) is -0.476. The number of benzene rings is 2. The third-order valence-electron chi connectivity index (χ3n) is 5.65. The number of ether oxygens (including phenoxy) is 1. The lowest BCUT2D eigenvalue weighted by atomic mass is 9.79. The van der Waals surface area contributed by atoms with Crippen LogP contribution in [0.4, 0.5) is 4.39 Å². The van der Waals surface area contributed by atoms with E-state index in [1.54, 1.807) is 53.9 Å². The van der Waals surface area contributed by atoms with Crippen molar-refractivity contribution >= 4 is 58.0 Å². The van der Waals surface area contributed by atoms with Crippen molar-refractivity contribution in [1.82, 2.24) is 10.3 Å². The second kappa shape index (κ2) is 10.2. The minimum absolute atomic E-state index is 0.0408. The Kier molecular flexibility index (Phi) is 7.03. The number of carbonyl (C=O) groups excluding carboxylic acids is 2. The maximum atomic E-state index is 13.4. The molecular weight excluding hydrogens is 542 g/mol. The van der Waals surface area contributed by atoms with Gasteiger partial charge in [-0.25, -0.2) is 9.37 Å². The summed E-state index contributed by atoms with van der Waals surface area (Å²) in [6.07, 6.45) is -0.0408. The van der Waals surface area contributed by atoms with Crippen molar-refractivity contribution in [3.63, 3.8) is 0 Å². The zero-order chi connectivity index (χ0) is 25.3. The first-order valence-electron chi connectivity index (χ1n) is 10.8. The van der Waals surface area contributed by atoms with Crippen molar-refractivity contribution in [3.8, 4) is 11.6 Å². The number of carbonyl (C=O) groups is 2. The van der Waals surface area contributed by atoms with Gasteiger partial charge in [-0.2, -0.15) is 0 Å². The van der Waals surface area contributed by atoms with E-state index in [2.05, 4.69) is 10.3 Å². The molecule has 5 nitrogen and oxygen atoms in total. The van der Waals surface area contributed by atoms with Crippen LogP contribution in [0.25, 0.3) is 0 Å². The molecule has 2 atom stereocenters. The average Bonchev–Trinajstić information content (AvgIpc) is 3.31. The first-order chi connectivity index (χ1) is 17.3. The Balaban J connectivity index is 1.50. The number of pyridine rings is 1. The molecule has 0 aliphatic carbocycles. The van der Waals surface area contributed by atoms with Gasteiger partial charge in [-0.05, 0) is 59.5 Å². The first-order valence-corrected chi connectivity index (χ1v) is 13.3. The lowest BCUT2D eigenvalue weighted by molar-refractivity contribution is -0.133. The predicted octanol–water partition coefficient (Wildman–Crippen LogP) is 6.87. The van der Waals surface area contributed by atoms with Crippen molar-refractivity contribution in [2.24, 2.45) is 0 Å². The van der Waals surface area contributed by atoms with Gasteiger partial charge in [0, 0.05) is 17.4 Å². The van der Waals surface area contributed by atoms with Gasteiger partial charge in [0.25, 0.3) is 0 Å². The number of ketones is 1. The number of nitrogens with zero attached hydrogens (tertiary/aromatic N) is 1. The van der Waals surface area contributed by atoms with E-state index in [0.29, 0.717) is 31.3 Å². The summed E-state index contributed by atoms with van der Waals surface area (Å²) in [7, 11) is 0. The molecule has 1 amide bonds. The summed E-state index contributed by atoms with van der Waals surface area (Å²) in [5.41, 5.74) is -0.177. The molecule has 1 N–H and O–H groups in total. The van der Waals surface area contributed by atoms with Crippen molar-refractivity contribution in [3.05, 3.63) is 105 Å². The number of hydrogen-bond donors (Lipinski definition) is 1. The van der Waals surface area contributed by atoms with E-state index in [4.69, 9.17) is 27.9 Å². The predicted molar refractivity (Wildman–Crippen MR) is 140 cm³/mol. The smallest absolute Gasteiger partial charge is 0.242 e. The van der Waals surface area contributed by atoms with Gasteiger partial charge in [0.2, 0.25) is 11.8 Å².